The Morgan fingerprint density at radius 1 is 1.26 bits per heavy atom. The van der Waals surface area contributed by atoms with E-state index < -0.39 is 11.7 Å². The third kappa shape index (κ3) is 2.23. The minimum absolute atomic E-state index is 0.0628. The van der Waals surface area contributed by atoms with E-state index in [1.165, 1.54) is 4.90 Å². The molecule has 0 unspecified atom stereocenters. The fraction of sp³-hybridized carbons (Fsp3) is 0.357. The molecule has 1 fully saturated rings. The zero-order chi connectivity index (χ0) is 13.4. The normalized spacial score (nSPS) is 17.6. The Morgan fingerprint density at radius 3 is 2.74 bits per heavy atom. The number of hydrogen-bond acceptors (Lipinski definition) is 3. The van der Waals surface area contributed by atoms with Gasteiger partial charge in [0.15, 0.2) is 0 Å². The Kier molecular flexibility index (Phi) is 2.81. The van der Waals surface area contributed by atoms with Gasteiger partial charge in [0.25, 0.3) is 11.7 Å². The average molecular weight is 258 g/mol. The van der Waals surface area contributed by atoms with Crippen LogP contribution in [0, 0.1) is 0 Å². The van der Waals surface area contributed by atoms with Crippen molar-refractivity contribution in [2.75, 3.05) is 11.4 Å². The van der Waals surface area contributed by atoms with Crippen molar-refractivity contribution < 1.29 is 14.4 Å². The van der Waals surface area contributed by atoms with Crippen LogP contribution in [0.5, 0.6) is 0 Å². The highest BCUT2D eigenvalue weighted by Gasteiger charge is 2.35. The van der Waals surface area contributed by atoms with E-state index in [1.807, 2.05) is 0 Å². The van der Waals surface area contributed by atoms with Gasteiger partial charge in [-0.1, -0.05) is 12.1 Å². The molecule has 19 heavy (non-hydrogen) atoms. The summed E-state index contributed by atoms with van der Waals surface area (Å²) in [5.41, 5.74) is 1.03. The summed E-state index contributed by atoms with van der Waals surface area (Å²) in [6.45, 7) is 0.250. The summed E-state index contributed by atoms with van der Waals surface area (Å²) < 4.78 is 0. The molecule has 5 nitrogen and oxygen atoms in total. The van der Waals surface area contributed by atoms with E-state index in [-0.39, 0.29) is 18.9 Å². The fourth-order valence-electron chi connectivity index (χ4n) is 2.21. The van der Waals surface area contributed by atoms with Crippen LogP contribution in [0.4, 0.5) is 5.69 Å². The molecule has 2 aliphatic rings. The molecule has 1 N–H and O–H groups in total. The van der Waals surface area contributed by atoms with Crippen LogP contribution >= 0.6 is 0 Å². The van der Waals surface area contributed by atoms with Gasteiger partial charge in [-0.25, -0.2) is 0 Å². The molecule has 2 amide bonds. The Labute approximate surface area is 110 Å². The lowest BCUT2D eigenvalue weighted by Gasteiger charge is -2.15. The highest BCUT2D eigenvalue weighted by molar-refractivity contribution is 6.52. The molecule has 98 valence electrons. The highest BCUT2D eigenvalue weighted by atomic mass is 16.2. The van der Waals surface area contributed by atoms with E-state index in [1.54, 1.807) is 24.3 Å². The zero-order valence-corrected chi connectivity index (χ0v) is 10.4. The molecule has 0 bridgehead atoms. The number of anilines is 1. The lowest BCUT2D eigenvalue weighted by atomic mass is 10.1. The number of nitrogens with zero attached hydrogens (tertiary/aromatic N) is 1. The first-order valence-electron chi connectivity index (χ1n) is 6.41. The first-order chi connectivity index (χ1) is 9.16. The number of rotatable bonds is 4. The second-order valence-corrected chi connectivity index (χ2v) is 4.89. The molecule has 1 aliphatic heterocycles. The molecule has 0 radical (unpaired) electrons. The van der Waals surface area contributed by atoms with Gasteiger partial charge in [-0.2, -0.15) is 0 Å². The molecule has 0 spiro atoms. The Morgan fingerprint density at radius 2 is 2.00 bits per heavy atom. The van der Waals surface area contributed by atoms with Gasteiger partial charge in [0.05, 0.1) is 11.3 Å². The maximum Gasteiger partial charge on any atom is 0.299 e. The zero-order valence-electron chi connectivity index (χ0n) is 10.4. The summed E-state index contributed by atoms with van der Waals surface area (Å²) >= 11 is 0. The number of fused-ring (bicyclic) bond motifs is 1. The SMILES string of the molecule is O=C(CCN1C(=O)C(=O)c2ccccc21)NC1CC1. The van der Waals surface area contributed by atoms with Crippen molar-refractivity contribution >= 4 is 23.3 Å². The average Bonchev–Trinajstić information content (AvgIpc) is 3.18. The van der Waals surface area contributed by atoms with Gasteiger partial charge in [0.1, 0.15) is 0 Å². The van der Waals surface area contributed by atoms with Gasteiger partial charge in [-0.3, -0.25) is 14.4 Å². The Balaban J connectivity index is 1.68. The van der Waals surface area contributed by atoms with E-state index >= 15 is 0 Å². The number of carbonyl (C=O) groups is 3. The van der Waals surface area contributed by atoms with Crippen LogP contribution in [-0.4, -0.2) is 30.2 Å². The summed E-state index contributed by atoms with van der Waals surface area (Å²) in [6.07, 6.45) is 2.30. The maximum absolute atomic E-state index is 11.9. The molecule has 3 rings (SSSR count). The number of nitrogens with one attached hydrogen (secondary N) is 1. The highest BCUT2D eigenvalue weighted by Crippen LogP contribution is 2.28. The number of benzene rings is 1. The summed E-state index contributed by atoms with van der Waals surface area (Å²) in [5, 5.41) is 2.87. The maximum atomic E-state index is 11.9. The van der Waals surface area contributed by atoms with Crippen LogP contribution in [0.25, 0.3) is 0 Å². The quantitative estimate of drug-likeness (QED) is 0.815. The molecule has 1 aromatic rings. The Hall–Kier alpha value is -2.17. The lowest BCUT2D eigenvalue weighted by Crippen LogP contribution is -2.35. The fourth-order valence-corrected chi connectivity index (χ4v) is 2.21. The topological polar surface area (TPSA) is 66.5 Å². The molecular formula is C14H14N2O3. The van der Waals surface area contributed by atoms with Crippen molar-refractivity contribution in [3.8, 4) is 0 Å². The summed E-state index contributed by atoms with van der Waals surface area (Å²) in [6, 6.07) is 7.20. The van der Waals surface area contributed by atoms with Crippen molar-refractivity contribution in [3.05, 3.63) is 29.8 Å². The second kappa shape index (κ2) is 4.50. The number of amides is 2. The number of hydrogen-bond donors (Lipinski definition) is 1. The van der Waals surface area contributed by atoms with E-state index in [0.717, 1.165) is 12.8 Å². The molecule has 5 heteroatoms. The van der Waals surface area contributed by atoms with Crippen LogP contribution in [0.15, 0.2) is 24.3 Å². The van der Waals surface area contributed by atoms with E-state index in [0.29, 0.717) is 17.3 Å². The van der Waals surface area contributed by atoms with Crippen molar-refractivity contribution in [2.45, 2.75) is 25.3 Å². The first kappa shape index (κ1) is 11.9. The Bertz CT molecular complexity index is 564. The predicted octanol–water partition coefficient (Wildman–Crippen LogP) is 0.885. The molecule has 1 aromatic carbocycles. The smallest absolute Gasteiger partial charge is 0.299 e. The molecule has 0 atom stereocenters. The third-order valence-corrected chi connectivity index (χ3v) is 3.38. The van der Waals surface area contributed by atoms with Crippen LogP contribution in [0.2, 0.25) is 0 Å². The number of ketones is 1. The van der Waals surface area contributed by atoms with Crippen LogP contribution < -0.4 is 10.2 Å². The summed E-state index contributed by atoms with van der Waals surface area (Å²) in [7, 11) is 0. The standard InChI is InChI=1S/C14H14N2O3/c17-12(15-9-5-6-9)7-8-16-11-4-2-1-3-10(11)13(18)14(16)19/h1-4,9H,5-8H2,(H,15,17). The van der Waals surface area contributed by atoms with Gasteiger partial charge in [0.2, 0.25) is 5.91 Å². The van der Waals surface area contributed by atoms with Crippen molar-refractivity contribution in [3.63, 3.8) is 0 Å². The number of para-hydroxylation sites is 1. The summed E-state index contributed by atoms with van der Waals surface area (Å²) in [5.74, 6) is -1.09. The molecule has 1 aliphatic carbocycles. The molecular weight excluding hydrogens is 244 g/mol. The van der Waals surface area contributed by atoms with Gasteiger partial charge in [0, 0.05) is 19.0 Å². The van der Waals surface area contributed by atoms with E-state index in [4.69, 9.17) is 0 Å². The minimum Gasteiger partial charge on any atom is -0.353 e. The van der Waals surface area contributed by atoms with Gasteiger partial charge in [-0.15, -0.1) is 0 Å². The number of carbonyl (C=O) groups excluding carboxylic acids is 3. The van der Waals surface area contributed by atoms with E-state index in [2.05, 4.69) is 5.32 Å². The molecule has 1 saturated carbocycles. The second-order valence-electron chi connectivity index (χ2n) is 4.89. The monoisotopic (exact) mass is 258 g/mol. The lowest BCUT2D eigenvalue weighted by molar-refractivity contribution is -0.121. The predicted molar refractivity (Wildman–Crippen MR) is 68.9 cm³/mol. The van der Waals surface area contributed by atoms with Crippen molar-refractivity contribution in [1.29, 1.82) is 0 Å². The van der Waals surface area contributed by atoms with Crippen molar-refractivity contribution in [1.82, 2.24) is 5.32 Å². The summed E-state index contributed by atoms with van der Waals surface area (Å²) in [4.78, 5) is 36.6. The van der Waals surface area contributed by atoms with Crippen molar-refractivity contribution in [2.24, 2.45) is 0 Å². The van der Waals surface area contributed by atoms with Gasteiger partial charge >= 0.3 is 0 Å². The first-order valence-corrected chi connectivity index (χ1v) is 6.41. The van der Waals surface area contributed by atoms with Gasteiger partial charge < -0.3 is 10.2 Å². The molecule has 1 heterocycles. The third-order valence-electron chi connectivity index (χ3n) is 3.38. The molecule has 0 saturated heterocycles. The largest absolute Gasteiger partial charge is 0.353 e. The van der Waals surface area contributed by atoms with Gasteiger partial charge in [-0.05, 0) is 25.0 Å². The number of Topliss-reactive ketones (excluding diaryl/α,β-unsaturated/α-hetero) is 1. The minimum atomic E-state index is -0.541. The van der Waals surface area contributed by atoms with Crippen LogP contribution in [-0.2, 0) is 9.59 Å². The van der Waals surface area contributed by atoms with E-state index in [9.17, 15) is 14.4 Å². The van der Waals surface area contributed by atoms with Crippen LogP contribution in [0.3, 0.4) is 0 Å². The van der Waals surface area contributed by atoms with Crippen LogP contribution in [0.1, 0.15) is 29.6 Å². The molecule has 0 aromatic heterocycles.